The normalized spacial score (nSPS) is 15.0. The Hall–Kier alpha value is -3.56. The van der Waals surface area contributed by atoms with E-state index in [1.54, 1.807) is 0 Å². The molecule has 0 aliphatic heterocycles. The molecule has 1 aliphatic rings. The maximum absolute atomic E-state index is 2.49. The van der Waals surface area contributed by atoms with E-state index in [2.05, 4.69) is 178 Å². The van der Waals surface area contributed by atoms with Gasteiger partial charge in [-0.1, -0.05) is 172 Å². The number of hydrogen-bond donors (Lipinski definition) is 0. The topological polar surface area (TPSA) is 0 Å². The van der Waals surface area contributed by atoms with Crippen LogP contribution in [-0.2, 0) is 0 Å². The molecule has 2 unspecified atom stereocenters. The Morgan fingerprint density at radius 2 is 0.872 bits per heavy atom. The van der Waals surface area contributed by atoms with Crippen molar-refractivity contribution >= 4 is 42.4 Å². The average molecular weight is 651 g/mol. The third-order valence-electron chi connectivity index (χ3n) is 9.23. The minimum absolute atomic E-state index is 0.241. The standard InChI is InChI=1S/C45H48P2/c1-29-17-30(2)22-38(21-29)46(39-23-31(3)18-32(4)24-39)37(9)42-14-12-15-43(42)44-13-10-11-16-45(44)47(40-25-33(5)19-34(6)26-40)41-27-35(7)20-36(8)28-41/h10-28,37,43H,1-9H3. The Bertz CT molecular complexity index is 1830. The molecule has 2 atom stereocenters. The third-order valence-corrected chi connectivity index (χ3v) is 14.4. The summed E-state index contributed by atoms with van der Waals surface area (Å²) in [7, 11) is -1.40. The third kappa shape index (κ3) is 7.31. The van der Waals surface area contributed by atoms with Gasteiger partial charge in [0, 0.05) is 11.6 Å². The van der Waals surface area contributed by atoms with Crippen molar-refractivity contribution < 1.29 is 0 Å². The molecule has 0 N–H and O–H groups in total. The second kappa shape index (κ2) is 13.9. The second-order valence-corrected chi connectivity index (χ2v) is 18.6. The first-order valence-electron chi connectivity index (χ1n) is 16.9. The van der Waals surface area contributed by atoms with Crippen LogP contribution in [0.1, 0.15) is 62.9 Å². The van der Waals surface area contributed by atoms with E-state index < -0.39 is 15.8 Å². The molecule has 238 valence electrons. The van der Waals surface area contributed by atoms with Crippen LogP contribution < -0.4 is 26.5 Å². The lowest BCUT2D eigenvalue weighted by molar-refractivity contribution is 0.940. The van der Waals surface area contributed by atoms with Gasteiger partial charge in [-0.05, 0) is 103 Å². The van der Waals surface area contributed by atoms with Gasteiger partial charge in [0.2, 0.25) is 0 Å². The number of allylic oxidation sites excluding steroid dienone is 4. The summed E-state index contributed by atoms with van der Waals surface area (Å²) in [6, 6.07) is 38.0. The molecular formula is C45H48P2. The Morgan fingerprint density at radius 1 is 0.489 bits per heavy atom. The smallest absolute Gasteiger partial charge is 0.0247 e. The zero-order valence-electron chi connectivity index (χ0n) is 29.5. The summed E-state index contributed by atoms with van der Waals surface area (Å²) < 4.78 is 0. The van der Waals surface area contributed by atoms with Crippen molar-refractivity contribution in [1.82, 2.24) is 0 Å². The minimum atomic E-state index is -0.762. The van der Waals surface area contributed by atoms with Crippen LogP contribution in [0.15, 0.2) is 121 Å². The van der Waals surface area contributed by atoms with Gasteiger partial charge in [0.25, 0.3) is 0 Å². The summed E-state index contributed by atoms with van der Waals surface area (Å²) in [6.45, 7) is 20.4. The maximum Gasteiger partial charge on any atom is 0.0247 e. The van der Waals surface area contributed by atoms with E-state index in [1.165, 1.54) is 82.2 Å². The monoisotopic (exact) mass is 650 g/mol. The average Bonchev–Trinajstić information content (AvgIpc) is 3.46. The zero-order chi connectivity index (χ0) is 33.4. The fraction of sp³-hybridized carbons (Fsp3) is 0.244. The van der Waals surface area contributed by atoms with Crippen LogP contribution in [0.4, 0.5) is 0 Å². The molecule has 5 aromatic rings. The van der Waals surface area contributed by atoms with Crippen LogP contribution in [0, 0.1) is 55.4 Å². The van der Waals surface area contributed by atoms with Crippen molar-refractivity contribution in [2.24, 2.45) is 0 Å². The van der Waals surface area contributed by atoms with Crippen LogP contribution in [0.5, 0.6) is 0 Å². The van der Waals surface area contributed by atoms with Gasteiger partial charge in [-0.25, -0.2) is 0 Å². The Labute approximate surface area is 286 Å². The molecule has 2 heteroatoms. The van der Waals surface area contributed by atoms with E-state index in [1.807, 2.05) is 0 Å². The molecule has 0 aromatic heterocycles. The number of hydrogen-bond acceptors (Lipinski definition) is 0. The van der Waals surface area contributed by atoms with Gasteiger partial charge in [-0.2, -0.15) is 0 Å². The Morgan fingerprint density at radius 3 is 1.30 bits per heavy atom. The molecule has 0 saturated carbocycles. The van der Waals surface area contributed by atoms with E-state index in [0.717, 1.165) is 0 Å². The molecule has 0 heterocycles. The SMILES string of the molecule is Cc1cc(C)cc(P(c2cc(C)cc(C)c2)c2ccccc2C2C=CC=C2C(C)P(c2cc(C)cc(C)c2)c2cc(C)cc(C)c2)c1. The molecule has 0 spiro atoms. The number of aryl methyl sites for hydroxylation is 8. The lowest BCUT2D eigenvalue weighted by Gasteiger charge is -2.32. The fourth-order valence-electron chi connectivity index (χ4n) is 7.64. The van der Waals surface area contributed by atoms with Crippen molar-refractivity contribution in [1.29, 1.82) is 0 Å². The molecule has 0 saturated heterocycles. The van der Waals surface area contributed by atoms with E-state index in [9.17, 15) is 0 Å². The molecule has 1 aliphatic carbocycles. The van der Waals surface area contributed by atoms with Gasteiger partial charge in [-0.15, -0.1) is 0 Å². The molecular weight excluding hydrogens is 602 g/mol. The first-order chi connectivity index (χ1) is 22.5. The molecule has 0 bridgehead atoms. The summed E-state index contributed by atoms with van der Waals surface area (Å²) in [5.41, 5.74) is 14.0. The van der Waals surface area contributed by atoms with Crippen LogP contribution in [0.25, 0.3) is 0 Å². The van der Waals surface area contributed by atoms with Gasteiger partial charge in [0.1, 0.15) is 0 Å². The van der Waals surface area contributed by atoms with Gasteiger partial charge < -0.3 is 0 Å². The van der Waals surface area contributed by atoms with Crippen molar-refractivity contribution in [2.45, 2.75) is 73.9 Å². The molecule has 0 radical (unpaired) electrons. The van der Waals surface area contributed by atoms with Crippen LogP contribution in [0.2, 0.25) is 0 Å². The highest BCUT2D eigenvalue weighted by molar-refractivity contribution is 7.80. The molecule has 5 aromatic carbocycles. The number of rotatable bonds is 8. The van der Waals surface area contributed by atoms with Crippen molar-refractivity contribution in [2.75, 3.05) is 0 Å². The molecule has 0 amide bonds. The largest absolute Gasteiger partial charge is 0.0729 e. The molecule has 0 nitrogen and oxygen atoms in total. The van der Waals surface area contributed by atoms with Crippen molar-refractivity contribution in [3.63, 3.8) is 0 Å². The van der Waals surface area contributed by atoms with Gasteiger partial charge in [-0.3, -0.25) is 0 Å². The summed E-state index contributed by atoms with van der Waals surface area (Å²) in [6.07, 6.45) is 7.21. The van der Waals surface area contributed by atoms with Crippen LogP contribution in [0.3, 0.4) is 0 Å². The highest BCUT2D eigenvalue weighted by Crippen LogP contribution is 2.49. The first-order valence-corrected chi connectivity index (χ1v) is 19.6. The fourth-order valence-corrected chi connectivity index (χ4v) is 13.6. The van der Waals surface area contributed by atoms with E-state index in [4.69, 9.17) is 0 Å². The number of benzene rings is 5. The van der Waals surface area contributed by atoms with Gasteiger partial charge in [0.05, 0.1) is 0 Å². The Balaban J connectivity index is 1.50. The maximum atomic E-state index is 2.49. The molecule has 0 fully saturated rings. The molecule has 47 heavy (non-hydrogen) atoms. The summed E-state index contributed by atoms with van der Waals surface area (Å²) in [5, 5.41) is 7.28. The molecule has 6 rings (SSSR count). The van der Waals surface area contributed by atoms with E-state index in [0.29, 0.717) is 5.66 Å². The summed E-state index contributed by atoms with van der Waals surface area (Å²) in [4.78, 5) is 0. The first kappa shape index (κ1) is 33.3. The summed E-state index contributed by atoms with van der Waals surface area (Å²) in [5.74, 6) is 0.241. The second-order valence-electron chi connectivity index (χ2n) is 13.9. The predicted octanol–water partition coefficient (Wildman–Crippen LogP) is 10.0. The highest BCUT2D eigenvalue weighted by atomic mass is 31.1. The van der Waals surface area contributed by atoms with Gasteiger partial charge in [0.15, 0.2) is 0 Å². The highest BCUT2D eigenvalue weighted by Gasteiger charge is 2.32. The summed E-state index contributed by atoms with van der Waals surface area (Å²) >= 11 is 0. The lowest BCUT2D eigenvalue weighted by Crippen LogP contribution is -2.27. The van der Waals surface area contributed by atoms with Crippen molar-refractivity contribution in [3.05, 3.63) is 171 Å². The van der Waals surface area contributed by atoms with Crippen LogP contribution >= 0.6 is 15.8 Å². The Kier molecular flexibility index (Phi) is 9.85. The predicted molar refractivity (Wildman–Crippen MR) is 212 cm³/mol. The quantitative estimate of drug-likeness (QED) is 0.147. The zero-order valence-corrected chi connectivity index (χ0v) is 31.3. The van der Waals surface area contributed by atoms with Crippen molar-refractivity contribution in [3.8, 4) is 0 Å². The van der Waals surface area contributed by atoms with E-state index in [-0.39, 0.29) is 5.92 Å². The van der Waals surface area contributed by atoms with Gasteiger partial charge >= 0.3 is 0 Å². The lowest BCUT2D eigenvalue weighted by atomic mass is 9.92. The minimum Gasteiger partial charge on any atom is -0.0729 e. The van der Waals surface area contributed by atoms with E-state index >= 15 is 0 Å². The van der Waals surface area contributed by atoms with Crippen LogP contribution in [-0.4, -0.2) is 5.66 Å².